The van der Waals surface area contributed by atoms with E-state index in [4.69, 9.17) is 12.2 Å². The molecule has 2 fully saturated rings. The lowest BCUT2D eigenvalue weighted by atomic mass is 10.0. The van der Waals surface area contributed by atoms with Gasteiger partial charge in [0.05, 0.1) is 11.4 Å². The Labute approximate surface area is 235 Å². The smallest absolute Gasteiger partial charge is 0.270 e. The molecule has 3 aromatic rings. The lowest BCUT2D eigenvalue weighted by Crippen LogP contribution is -2.48. The van der Waals surface area contributed by atoms with Crippen LogP contribution in [0.15, 0.2) is 64.3 Å². The first kappa shape index (κ1) is 26.7. The predicted octanol–water partition coefficient (Wildman–Crippen LogP) is 4.43. The Balaban J connectivity index is 1.48. The van der Waals surface area contributed by atoms with Crippen LogP contribution >= 0.6 is 24.0 Å². The number of piperazine rings is 1. The van der Waals surface area contributed by atoms with E-state index < -0.39 is 0 Å². The molecular formula is C29H26FN5O2S2. The van der Waals surface area contributed by atoms with Crippen LogP contribution in [0.4, 0.5) is 15.9 Å². The Morgan fingerprint density at radius 3 is 2.31 bits per heavy atom. The molecule has 2 aliphatic rings. The normalized spacial score (nSPS) is 16.8. The monoisotopic (exact) mass is 559 g/mol. The molecule has 1 aromatic heterocycles. The van der Waals surface area contributed by atoms with Gasteiger partial charge < -0.3 is 9.80 Å². The molecule has 198 valence electrons. The summed E-state index contributed by atoms with van der Waals surface area (Å²) in [6.07, 6.45) is 1.77. The van der Waals surface area contributed by atoms with Gasteiger partial charge in [-0.1, -0.05) is 54.3 Å². The van der Waals surface area contributed by atoms with Crippen LogP contribution in [-0.2, 0) is 18.4 Å². The third-order valence-electron chi connectivity index (χ3n) is 7.07. The number of carbonyl (C=O) groups excluding carboxylic acids is 1. The number of benzene rings is 2. The number of halogens is 1. The summed E-state index contributed by atoms with van der Waals surface area (Å²) in [5.74, 6) is 0.176. The highest BCUT2D eigenvalue weighted by Crippen LogP contribution is 2.36. The summed E-state index contributed by atoms with van der Waals surface area (Å²) in [7, 11) is 1.66. The summed E-state index contributed by atoms with van der Waals surface area (Å²) >= 11 is 6.77. The Morgan fingerprint density at radius 2 is 1.67 bits per heavy atom. The van der Waals surface area contributed by atoms with Crippen molar-refractivity contribution in [2.24, 2.45) is 7.05 Å². The van der Waals surface area contributed by atoms with Gasteiger partial charge in [-0.25, -0.2) is 4.39 Å². The Hall–Kier alpha value is -3.94. The van der Waals surface area contributed by atoms with Gasteiger partial charge in [-0.05, 0) is 48.4 Å². The van der Waals surface area contributed by atoms with Crippen molar-refractivity contribution in [3.05, 3.63) is 97.9 Å². The van der Waals surface area contributed by atoms with Crippen LogP contribution in [0.5, 0.6) is 0 Å². The molecule has 1 amide bonds. The predicted molar refractivity (Wildman–Crippen MR) is 157 cm³/mol. The zero-order valence-corrected chi connectivity index (χ0v) is 23.2. The van der Waals surface area contributed by atoms with Crippen LogP contribution in [0.1, 0.15) is 22.3 Å². The number of nitriles is 1. The maximum atomic E-state index is 13.4. The molecule has 2 saturated heterocycles. The van der Waals surface area contributed by atoms with E-state index in [1.807, 2.05) is 36.4 Å². The number of carbonyl (C=O) groups is 1. The van der Waals surface area contributed by atoms with Gasteiger partial charge in [0.2, 0.25) is 0 Å². The first-order chi connectivity index (χ1) is 18.8. The zero-order valence-electron chi connectivity index (χ0n) is 21.6. The van der Waals surface area contributed by atoms with Crippen LogP contribution in [0, 0.1) is 24.1 Å². The number of rotatable bonds is 5. The van der Waals surface area contributed by atoms with E-state index in [9.17, 15) is 19.2 Å². The molecule has 7 nitrogen and oxygen atoms in total. The van der Waals surface area contributed by atoms with Gasteiger partial charge in [-0.3, -0.25) is 19.1 Å². The van der Waals surface area contributed by atoms with Crippen LogP contribution in [0.2, 0.25) is 0 Å². The maximum absolute atomic E-state index is 13.4. The SMILES string of the molecule is Cc1c(C=C2SC(=S)N(Cc3ccccc3)C2=O)c(N2CCN(c3ccc(F)cc3)CC2)n(C)c(=O)c1C#N. The average molecular weight is 560 g/mol. The van der Waals surface area contributed by atoms with Crippen LogP contribution in [-0.4, -0.2) is 45.9 Å². The molecule has 10 heteroatoms. The van der Waals surface area contributed by atoms with Crippen molar-refractivity contribution in [3.8, 4) is 6.07 Å². The molecule has 0 saturated carbocycles. The third-order valence-corrected chi connectivity index (χ3v) is 8.45. The quantitative estimate of drug-likeness (QED) is 0.338. The van der Waals surface area contributed by atoms with E-state index in [1.54, 1.807) is 37.1 Å². The van der Waals surface area contributed by atoms with E-state index in [-0.39, 0.29) is 22.8 Å². The van der Waals surface area contributed by atoms with E-state index >= 15 is 0 Å². The second-order valence-electron chi connectivity index (χ2n) is 9.42. The van der Waals surface area contributed by atoms with Gasteiger partial charge >= 0.3 is 0 Å². The highest BCUT2D eigenvalue weighted by molar-refractivity contribution is 8.26. The van der Waals surface area contributed by atoms with Gasteiger partial charge in [0.15, 0.2) is 0 Å². The first-order valence-corrected chi connectivity index (χ1v) is 13.7. The minimum absolute atomic E-state index is 0.0530. The largest absolute Gasteiger partial charge is 0.368 e. The fourth-order valence-corrected chi connectivity index (χ4v) is 6.19. The zero-order chi connectivity index (χ0) is 27.7. The Morgan fingerprint density at radius 1 is 1.03 bits per heavy atom. The van der Waals surface area contributed by atoms with Crippen molar-refractivity contribution >= 4 is 51.8 Å². The van der Waals surface area contributed by atoms with Gasteiger partial charge in [0.25, 0.3) is 11.5 Å². The highest BCUT2D eigenvalue weighted by atomic mass is 32.2. The van der Waals surface area contributed by atoms with Crippen molar-refractivity contribution < 1.29 is 9.18 Å². The number of aromatic nitrogens is 1. The fraction of sp³-hybridized carbons (Fsp3) is 0.241. The molecule has 0 atom stereocenters. The molecule has 0 aliphatic carbocycles. The van der Waals surface area contributed by atoms with Crippen molar-refractivity contribution in [1.29, 1.82) is 5.26 Å². The number of pyridine rings is 1. The number of amides is 1. The van der Waals surface area contributed by atoms with Crippen molar-refractivity contribution in [1.82, 2.24) is 9.47 Å². The summed E-state index contributed by atoms with van der Waals surface area (Å²) in [6.45, 7) is 4.65. The van der Waals surface area contributed by atoms with Crippen molar-refractivity contribution in [2.45, 2.75) is 13.5 Å². The van der Waals surface area contributed by atoms with Crippen molar-refractivity contribution in [2.75, 3.05) is 36.0 Å². The molecular weight excluding hydrogens is 533 g/mol. The standard InChI is InChI=1S/C29H26FN5O2S2/c1-19-23(16-25-28(37)35(29(38)39-25)18-20-6-4-3-5-7-20)26(32(2)27(36)24(19)17-31)34-14-12-33(13-15-34)22-10-8-21(30)9-11-22/h3-11,16H,12-15,18H2,1-2H3. The van der Waals surface area contributed by atoms with E-state index in [0.717, 1.165) is 11.3 Å². The second kappa shape index (κ2) is 11.0. The Kier molecular flexibility index (Phi) is 7.55. The minimum atomic E-state index is -0.375. The highest BCUT2D eigenvalue weighted by Gasteiger charge is 2.33. The molecule has 0 unspecified atom stereocenters. The number of anilines is 2. The van der Waals surface area contributed by atoms with Crippen molar-refractivity contribution in [3.63, 3.8) is 0 Å². The third kappa shape index (κ3) is 5.20. The lowest BCUT2D eigenvalue weighted by Gasteiger charge is -2.38. The van der Waals surface area contributed by atoms with E-state index in [2.05, 4.69) is 9.80 Å². The number of thiocarbonyl (C=S) groups is 1. The van der Waals surface area contributed by atoms with Crippen LogP contribution in [0.3, 0.4) is 0 Å². The van der Waals surface area contributed by atoms with Gasteiger partial charge in [-0.15, -0.1) is 0 Å². The molecule has 5 rings (SSSR count). The van der Waals surface area contributed by atoms with Gasteiger partial charge in [0.1, 0.15) is 27.6 Å². The molecule has 0 bridgehead atoms. The molecule has 39 heavy (non-hydrogen) atoms. The topological polar surface area (TPSA) is 72.6 Å². The summed E-state index contributed by atoms with van der Waals surface area (Å²) < 4.78 is 15.4. The van der Waals surface area contributed by atoms with Gasteiger partial charge in [-0.2, -0.15) is 5.26 Å². The first-order valence-electron chi connectivity index (χ1n) is 12.5. The second-order valence-corrected chi connectivity index (χ2v) is 11.1. The number of thioether (sulfide) groups is 1. The molecule has 2 aliphatic heterocycles. The summed E-state index contributed by atoms with van der Waals surface area (Å²) in [6, 6.07) is 18.1. The molecule has 0 N–H and O–H groups in total. The summed E-state index contributed by atoms with van der Waals surface area (Å²) in [5.41, 5.74) is 2.77. The lowest BCUT2D eigenvalue weighted by molar-refractivity contribution is -0.122. The Bertz CT molecular complexity index is 1570. The number of hydrogen-bond donors (Lipinski definition) is 0. The molecule has 0 radical (unpaired) electrons. The number of hydrogen-bond acceptors (Lipinski definition) is 7. The van der Waals surface area contributed by atoms with E-state index in [1.165, 1.54) is 28.5 Å². The molecule has 0 spiro atoms. The van der Waals surface area contributed by atoms with Gasteiger partial charge in [0, 0.05) is 44.5 Å². The maximum Gasteiger partial charge on any atom is 0.270 e. The number of nitrogens with zero attached hydrogens (tertiary/aromatic N) is 5. The van der Waals surface area contributed by atoms with E-state index in [0.29, 0.717) is 58.9 Å². The fourth-order valence-electron chi connectivity index (χ4n) is 4.96. The average Bonchev–Trinajstić information content (AvgIpc) is 3.20. The van der Waals surface area contributed by atoms with Crippen LogP contribution < -0.4 is 15.4 Å². The summed E-state index contributed by atoms with van der Waals surface area (Å²) in [5, 5.41) is 9.76. The summed E-state index contributed by atoms with van der Waals surface area (Å²) in [4.78, 5) is 32.8. The van der Waals surface area contributed by atoms with Crippen LogP contribution in [0.25, 0.3) is 6.08 Å². The minimum Gasteiger partial charge on any atom is -0.368 e. The molecule has 3 heterocycles. The molecule has 2 aromatic carbocycles.